The molecule has 0 amide bonds. The fraction of sp³-hybridized carbons (Fsp3) is 0.375. The van der Waals surface area contributed by atoms with Gasteiger partial charge in [-0.05, 0) is 42.9 Å². The molecule has 1 aromatic heterocycles. The fourth-order valence-electron chi connectivity index (χ4n) is 2.98. The minimum absolute atomic E-state index is 0.140. The predicted molar refractivity (Wildman–Crippen MR) is 86.3 cm³/mol. The van der Waals surface area contributed by atoms with Crippen LogP contribution >= 0.6 is 15.9 Å². The van der Waals surface area contributed by atoms with E-state index in [9.17, 15) is 9.90 Å². The highest BCUT2D eigenvalue weighted by Gasteiger charge is 2.25. The molecule has 1 heterocycles. The summed E-state index contributed by atoms with van der Waals surface area (Å²) in [5.41, 5.74) is 5.33. The Morgan fingerprint density at radius 1 is 1.45 bits per heavy atom. The summed E-state index contributed by atoms with van der Waals surface area (Å²) in [6.07, 6.45) is 3.48. The number of aromatic amines is 1. The molecule has 0 atom stereocenters. The van der Waals surface area contributed by atoms with Gasteiger partial charge in [-0.1, -0.05) is 22.0 Å². The van der Waals surface area contributed by atoms with Crippen LogP contribution in [0.15, 0.2) is 16.6 Å². The molecule has 6 heteroatoms. The predicted octanol–water partition coefficient (Wildman–Crippen LogP) is 3.22. The second kappa shape index (κ2) is 6.22. The molecule has 1 aliphatic rings. The van der Waals surface area contributed by atoms with Gasteiger partial charge in [0.05, 0.1) is 5.69 Å². The number of carboxylic acid groups (broad SMARTS) is 1. The Labute approximate surface area is 136 Å². The summed E-state index contributed by atoms with van der Waals surface area (Å²) in [7, 11) is 1.71. The average molecular weight is 365 g/mol. The molecule has 0 fully saturated rings. The van der Waals surface area contributed by atoms with E-state index in [-0.39, 0.29) is 5.69 Å². The van der Waals surface area contributed by atoms with Gasteiger partial charge in [0.1, 0.15) is 0 Å². The van der Waals surface area contributed by atoms with Crippen LogP contribution in [0.5, 0.6) is 0 Å². The van der Waals surface area contributed by atoms with Gasteiger partial charge in [-0.3, -0.25) is 5.10 Å². The minimum atomic E-state index is -0.976. The Bertz CT molecular complexity index is 724. The van der Waals surface area contributed by atoms with Crippen molar-refractivity contribution in [1.29, 1.82) is 0 Å². The average Bonchev–Trinajstić information content (AvgIpc) is 2.92. The molecule has 2 aromatic rings. The van der Waals surface area contributed by atoms with Crippen molar-refractivity contribution >= 4 is 21.9 Å². The summed E-state index contributed by atoms with van der Waals surface area (Å²) in [6, 6.07) is 4.28. The molecule has 22 heavy (non-hydrogen) atoms. The van der Waals surface area contributed by atoms with Gasteiger partial charge in [0.2, 0.25) is 0 Å². The van der Waals surface area contributed by atoms with Crippen molar-refractivity contribution in [3.05, 3.63) is 39.0 Å². The normalized spacial score (nSPS) is 12.8. The summed E-state index contributed by atoms with van der Waals surface area (Å²) >= 11 is 3.62. The third-order valence-electron chi connectivity index (χ3n) is 4.05. The molecule has 0 aliphatic heterocycles. The van der Waals surface area contributed by atoms with Crippen molar-refractivity contribution in [2.45, 2.75) is 25.7 Å². The van der Waals surface area contributed by atoms with E-state index in [1.165, 1.54) is 11.1 Å². The number of rotatable bonds is 5. The number of ether oxygens (including phenoxy) is 1. The molecule has 1 aromatic carbocycles. The maximum atomic E-state index is 11.2. The van der Waals surface area contributed by atoms with Crippen molar-refractivity contribution in [1.82, 2.24) is 10.2 Å². The Morgan fingerprint density at radius 3 is 3.00 bits per heavy atom. The molecule has 3 rings (SSSR count). The number of aryl methyl sites for hydroxylation is 2. The first-order valence-electron chi connectivity index (χ1n) is 7.23. The molecule has 1 aliphatic carbocycles. The number of halogens is 1. The van der Waals surface area contributed by atoms with Gasteiger partial charge in [-0.25, -0.2) is 4.79 Å². The number of nitrogens with zero attached hydrogens (tertiary/aromatic N) is 1. The zero-order valence-corrected chi connectivity index (χ0v) is 13.9. The lowest BCUT2D eigenvalue weighted by molar-refractivity contribution is 0.0689. The van der Waals surface area contributed by atoms with Crippen molar-refractivity contribution in [3.63, 3.8) is 0 Å². The number of aromatic nitrogens is 2. The molecule has 0 unspecified atom stereocenters. The van der Waals surface area contributed by atoms with Crippen LogP contribution < -0.4 is 0 Å². The highest BCUT2D eigenvalue weighted by molar-refractivity contribution is 9.10. The lowest BCUT2D eigenvalue weighted by atomic mass is 9.87. The molecular formula is C16H17BrN2O3. The van der Waals surface area contributed by atoms with Crippen LogP contribution in [0.2, 0.25) is 0 Å². The third kappa shape index (κ3) is 2.68. The van der Waals surface area contributed by atoms with Gasteiger partial charge in [0, 0.05) is 29.3 Å². The van der Waals surface area contributed by atoms with Gasteiger partial charge < -0.3 is 9.84 Å². The minimum Gasteiger partial charge on any atom is -0.476 e. The molecule has 0 bridgehead atoms. The lowest BCUT2D eigenvalue weighted by Crippen LogP contribution is -2.08. The van der Waals surface area contributed by atoms with Crippen molar-refractivity contribution in [2.75, 3.05) is 13.7 Å². The number of H-pyrrole nitrogens is 1. The maximum Gasteiger partial charge on any atom is 0.356 e. The summed E-state index contributed by atoms with van der Waals surface area (Å²) in [6.45, 7) is 0.746. The summed E-state index contributed by atoms with van der Waals surface area (Å²) < 4.78 is 6.15. The number of benzene rings is 1. The second-order valence-electron chi connectivity index (χ2n) is 5.43. The maximum absolute atomic E-state index is 11.2. The first-order chi connectivity index (χ1) is 10.6. The monoisotopic (exact) mass is 364 g/mol. The van der Waals surface area contributed by atoms with E-state index >= 15 is 0 Å². The van der Waals surface area contributed by atoms with E-state index in [2.05, 4.69) is 38.3 Å². The highest BCUT2D eigenvalue weighted by Crippen LogP contribution is 2.37. The van der Waals surface area contributed by atoms with Gasteiger partial charge in [-0.2, -0.15) is 5.10 Å². The van der Waals surface area contributed by atoms with Gasteiger partial charge in [0.15, 0.2) is 5.69 Å². The Hall–Kier alpha value is -1.66. The van der Waals surface area contributed by atoms with Gasteiger partial charge >= 0.3 is 5.97 Å². The number of hydrogen-bond acceptors (Lipinski definition) is 3. The molecule has 0 spiro atoms. The Balaban J connectivity index is 1.97. The van der Waals surface area contributed by atoms with E-state index in [1.54, 1.807) is 7.11 Å². The zero-order valence-electron chi connectivity index (χ0n) is 12.3. The van der Waals surface area contributed by atoms with E-state index in [0.717, 1.165) is 47.2 Å². The Kier molecular flexibility index (Phi) is 4.31. The fourth-order valence-corrected chi connectivity index (χ4v) is 3.52. The number of methoxy groups -OCH3 is 1. The summed E-state index contributed by atoms with van der Waals surface area (Å²) in [5, 5.41) is 16.0. The first kappa shape index (κ1) is 15.2. The molecule has 116 valence electrons. The molecule has 0 saturated heterocycles. The summed E-state index contributed by atoms with van der Waals surface area (Å²) in [5.74, 6) is -0.976. The number of nitrogens with one attached hydrogen (secondary N) is 1. The highest BCUT2D eigenvalue weighted by atomic mass is 79.9. The van der Waals surface area contributed by atoms with Crippen LogP contribution in [0.25, 0.3) is 11.3 Å². The van der Waals surface area contributed by atoms with Crippen LogP contribution in [0, 0.1) is 0 Å². The lowest BCUT2D eigenvalue weighted by Gasteiger charge is -2.18. The second-order valence-corrected chi connectivity index (χ2v) is 6.28. The quantitative estimate of drug-likeness (QED) is 0.798. The van der Waals surface area contributed by atoms with Crippen molar-refractivity contribution in [3.8, 4) is 11.3 Å². The molecular weight excluding hydrogens is 348 g/mol. The first-order valence-corrected chi connectivity index (χ1v) is 8.02. The smallest absolute Gasteiger partial charge is 0.356 e. The van der Waals surface area contributed by atoms with Crippen LogP contribution in [-0.2, 0) is 24.0 Å². The van der Waals surface area contributed by atoms with Gasteiger partial charge in [0.25, 0.3) is 0 Å². The third-order valence-corrected chi connectivity index (χ3v) is 4.79. The van der Waals surface area contributed by atoms with Crippen LogP contribution in [0.1, 0.15) is 33.6 Å². The van der Waals surface area contributed by atoms with E-state index in [1.807, 2.05) is 0 Å². The topological polar surface area (TPSA) is 75.2 Å². The molecule has 0 saturated carbocycles. The van der Waals surface area contributed by atoms with Crippen molar-refractivity contribution in [2.24, 2.45) is 0 Å². The zero-order chi connectivity index (χ0) is 15.7. The SMILES string of the molecule is COCCCc1cc2c(cc1Br)-c1[nH]nc(C(=O)O)c1CC2. The number of aromatic carboxylic acids is 1. The Morgan fingerprint density at radius 2 is 2.27 bits per heavy atom. The van der Waals surface area contributed by atoms with E-state index in [4.69, 9.17) is 4.74 Å². The number of fused-ring (bicyclic) bond motifs is 3. The standard InChI is InChI=1S/C16H17BrN2O3/c1-22-6-2-3-10-7-9-4-5-11-14(12(9)8-13(10)17)18-19-15(11)16(20)21/h7-8H,2-6H2,1H3,(H,18,19)(H,20,21). The van der Waals surface area contributed by atoms with Crippen LogP contribution in [-0.4, -0.2) is 35.0 Å². The molecule has 0 radical (unpaired) electrons. The van der Waals surface area contributed by atoms with E-state index < -0.39 is 5.97 Å². The van der Waals surface area contributed by atoms with E-state index in [0.29, 0.717) is 6.42 Å². The summed E-state index contributed by atoms with van der Waals surface area (Å²) in [4.78, 5) is 11.2. The van der Waals surface area contributed by atoms with Crippen LogP contribution in [0.4, 0.5) is 0 Å². The molecule has 2 N–H and O–H groups in total. The number of carbonyl (C=O) groups is 1. The molecule has 5 nitrogen and oxygen atoms in total. The number of carboxylic acids is 1. The largest absolute Gasteiger partial charge is 0.476 e. The van der Waals surface area contributed by atoms with Gasteiger partial charge in [-0.15, -0.1) is 0 Å². The van der Waals surface area contributed by atoms with Crippen LogP contribution in [0.3, 0.4) is 0 Å². The van der Waals surface area contributed by atoms with Crippen molar-refractivity contribution < 1.29 is 14.6 Å². The number of hydrogen-bond donors (Lipinski definition) is 2.